The third-order valence-corrected chi connectivity index (χ3v) is 4.14. The molecule has 0 amide bonds. The monoisotopic (exact) mass is 260 g/mol. The third-order valence-electron chi connectivity index (χ3n) is 3.07. The van der Waals surface area contributed by atoms with Gasteiger partial charge in [0.2, 0.25) is 0 Å². The Kier molecular flexibility index (Phi) is 4.02. The minimum atomic E-state index is 0.566. The molecule has 2 aromatic rings. The number of rotatable bonds is 4. The van der Waals surface area contributed by atoms with Crippen molar-refractivity contribution >= 4 is 17.0 Å². The molecule has 96 valence electrons. The SMILES string of the molecule is Cc1nc(CNc2cccc(C(C)C)c2)sc1C. The first-order valence-corrected chi connectivity index (χ1v) is 7.14. The van der Waals surface area contributed by atoms with Crippen molar-refractivity contribution in [1.29, 1.82) is 0 Å². The minimum Gasteiger partial charge on any atom is -0.379 e. The summed E-state index contributed by atoms with van der Waals surface area (Å²) in [6.07, 6.45) is 0. The van der Waals surface area contributed by atoms with Gasteiger partial charge in [-0.25, -0.2) is 4.98 Å². The highest BCUT2D eigenvalue weighted by Gasteiger charge is 2.04. The van der Waals surface area contributed by atoms with Crippen LogP contribution in [0.5, 0.6) is 0 Å². The number of nitrogens with zero attached hydrogens (tertiary/aromatic N) is 1. The first-order valence-electron chi connectivity index (χ1n) is 6.33. The van der Waals surface area contributed by atoms with E-state index in [4.69, 9.17) is 0 Å². The van der Waals surface area contributed by atoms with Crippen LogP contribution in [0.15, 0.2) is 24.3 Å². The molecule has 0 atom stereocenters. The maximum Gasteiger partial charge on any atom is 0.112 e. The van der Waals surface area contributed by atoms with Gasteiger partial charge in [0.25, 0.3) is 0 Å². The van der Waals surface area contributed by atoms with E-state index in [1.165, 1.54) is 16.1 Å². The number of nitrogens with one attached hydrogen (secondary N) is 1. The molecule has 1 aromatic carbocycles. The summed E-state index contributed by atoms with van der Waals surface area (Å²) in [5.41, 5.74) is 3.69. The molecule has 0 bridgehead atoms. The van der Waals surface area contributed by atoms with E-state index in [0.29, 0.717) is 5.92 Å². The van der Waals surface area contributed by atoms with Crippen LogP contribution in [0.25, 0.3) is 0 Å². The van der Waals surface area contributed by atoms with E-state index in [9.17, 15) is 0 Å². The minimum absolute atomic E-state index is 0.566. The van der Waals surface area contributed by atoms with E-state index in [2.05, 4.69) is 62.3 Å². The lowest BCUT2D eigenvalue weighted by atomic mass is 10.0. The zero-order valence-corrected chi connectivity index (χ0v) is 12.3. The van der Waals surface area contributed by atoms with Crippen molar-refractivity contribution in [2.45, 2.75) is 40.2 Å². The van der Waals surface area contributed by atoms with Crippen LogP contribution in [0.3, 0.4) is 0 Å². The van der Waals surface area contributed by atoms with Crippen molar-refractivity contribution in [2.24, 2.45) is 0 Å². The normalized spacial score (nSPS) is 10.9. The molecule has 0 spiro atoms. The Balaban J connectivity index is 2.03. The molecule has 0 fully saturated rings. The summed E-state index contributed by atoms with van der Waals surface area (Å²) in [5, 5.41) is 4.60. The van der Waals surface area contributed by atoms with Crippen molar-refractivity contribution in [3.63, 3.8) is 0 Å². The Morgan fingerprint density at radius 1 is 1.28 bits per heavy atom. The molecule has 1 aromatic heterocycles. The fraction of sp³-hybridized carbons (Fsp3) is 0.400. The van der Waals surface area contributed by atoms with Crippen molar-refractivity contribution in [3.8, 4) is 0 Å². The summed E-state index contributed by atoms with van der Waals surface area (Å²) in [5.74, 6) is 0.566. The fourth-order valence-corrected chi connectivity index (χ4v) is 2.67. The number of hydrogen-bond donors (Lipinski definition) is 1. The number of benzene rings is 1. The van der Waals surface area contributed by atoms with Crippen LogP contribution in [0.2, 0.25) is 0 Å². The highest BCUT2D eigenvalue weighted by molar-refractivity contribution is 7.11. The van der Waals surface area contributed by atoms with Gasteiger partial charge in [0.15, 0.2) is 0 Å². The van der Waals surface area contributed by atoms with Crippen molar-refractivity contribution in [1.82, 2.24) is 4.98 Å². The summed E-state index contributed by atoms with van der Waals surface area (Å²) in [6, 6.07) is 8.61. The summed E-state index contributed by atoms with van der Waals surface area (Å²) in [6.45, 7) is 9.42. The number of thiazole rings is 1. The molecule has 2 nitrogen and oxygen atoms in total. The molecule has 0 saturated carbocycles. The van der Waals surface area contributed by atoms with Gasteiger partial charge in [-0.3, -0.25) is 0 Å². The Hall–Kier alpha value is -1.35. The third kappa shape index (κ3) is 3.10. The van der Waals surface area contributed by atoms with E-state index in [1.54, 1.807) is 11.3 Å². The molecule has 0 aliphatic carbocycles. The zero-order chi connectivity index (χ0) is 13.1. The average Bonchev–Trinajstić information content (AvgIpc) is 2.67. The van der Waals surface area contributed by atoms with E-state index >= 15 is 0 Å². The van der Waals surface area contributed by atoms with Crippen LogP contribution in [-0.4, -0.2) is 4.98 Å². The predicted octanol–water partition coefficient (Wildman–Crippen LogP) is 4.50. The molecule has 1 N–H and O–H groups in total. The number of aryl methyl sites for hydroxylation is 2. The van der Waals surface area contributed by atoms with E-state index in [0.717, 1.165) is 17.2 Å². The lowest BCUT2D eigenvalue weighted by molar-refractivity contribution is 0.866. The van der Waals surface area contributed by atoms with Gasteiger partial charge in [0.1, 0.15) is 5.01 Å². The molecule has 1 heterocycles. The summed E-state index contributed by atoms with van der Waals surface area (Å²) in [7, 11) is 0. The molecular weight excluding hydrogens is 240 g/mol. The summed E-state index contributed by atoms with van der Waals surface area (Å²) < 4.78 is 0. The quantitative estimate of drug-likeness (QED) is 0.875. The first kappa shape index (κ1) is 13.1. The average molecular weight is 260 g/mol. The number of aromatic nitrogens is 1. The standard InChI is InChI=1S/C15H20N2S/c1-10(2)13-6-5-7-14(8-13)16-9-15-17-11(3)12(4)18-15/h5-8,10,16H,9H2,1-4H3. The lowest BCUT2D eigenvalue weighted by Crippen LogP contribution is -1.99. The van der Waals surface area contributed by atoms with Crippen LogP contribution in [-0.2, 0) is 6.54 Å². The number of hydrogen-bond acceptors (Lipinski definition) is 3. The molecule has 18 heavy (non-hydrogen) atoms. The summed E-state index contributed by atoms with van der Waals surface area (Å²) >= 11 is 1.77. The van der Waals surface area contributed by atoms with Crippen LogP contribution in [0.1, 0.15) is 40.9 Å². The topological polar surface area (TPSA) is 24.9 Å². The van der Waals surface area contributed by atoms with Crippen LogP contribution >= 0.6 is 11.3 Å². The van der Waals surface area contributed by atoms with Crippen molar-refractivity contribution in [2.75, 3.05) is 5.32 Å². The molecule has 0 aliphatic rings. The second-order valence-electron chi connectivity index (χ2n) is 4.88. The molecule has 3 heteroatoms. The van der Waals surface area contributed by atoms with Gasteiger partial charge in [0.05, 0.1) is 12.2 Å². The van der Waals surface area contributed by atoms with Crippen molar-refractivity contribution in [3.05, 3.63) is 45.4 Å². The van der Waals surface area contributed by atoms with Gasteiger partial charge in [-0.05, 0) is 37.5 Å². The molecule has 0 unspecified atom stereocenters. The highest BCUT2D eigenvalue weighted by atomic mass is 32.1. The van der Waals surface area contributed by atoms with Crippen LogP contribution < -0.4 is 5.32 Å². The van der Waals surface area contributed by atoms with Gasteiger partial charge in [-0.2, -0.15) is 0 Å². The van der Waals surface area contributed by atoms with E-state index < -0.39 is 0 Å². The molecule has 0 radical (unpaired) electrons. The molecular formula is C15H20N2S. The Labute approximate surface area is 113 Å². The van der Waals surface area contributed by atoms with Gasteiger partial charge >= 0.3 is 0 Å². The smallest absolute Gasteiger partial charge is 0.112 e. The maximum absolute atomic E-state index is 4.54. The van der Waals surface area contributed by atoms with Gasteiger partial charge in [0, 0.05) is 10.6 Å². The van der Waals surface area contributed by atoms with Gasteiger partial charge < -0.3 is 5.32 Å². The fourth-order valence-electron chi connectivity index (χ4n) is 1.80. The maximum atomic E-state index is 4.54. The zero-order valence-electron chi connectivity index (χ0n) is 11.4. The second-order valence-corrected chi connectivity index (χ2v) is 6.17. The molecule has 2 rings (SSSR count). The Bertz CT molecular complexity index is 510. The van der Waals surface area contributed by atoms with Gasteiger partial charge in [-0.1, -0.05) is 26.0 Å². The first-order chi connectivity index (χ1) is 8.56. The van der Waals surface area contributed by atoms with Crippen LogP contribution in [0, 0.1) is 13.8 Å². The molecule has 0 aliphatic heterocycles. The van der Waals surface area contributed by atoms with Gasteiger partial charge in [-0.15, -0.1) is 11.3 Å². The second kappa shape index (κ2) is 5.53. The number of anilines is 1. The van der Waals surface area contributed by atoms with Crippen LogP contribution in [0.4, 0.5) is 5.69 Å². The predicted molar refractivity (Wildman–Crippen MR) is 79.4 cm³/mol. The lowest BCUT2D eigenvalue weighted by Gasteiger charge is -2.09. The summed E-state index contributed by atoms with van der Waals surface area (Å²) in [4.78, 5) is 5.85. The Morgan fingerprint density at radius 3 is 2.67 bits per heavy atom. The Morgan fingerprint density at radius 2 is 2.06 bits per heavy atom. The largest absolute Gasteiger partial charge is 0.379 e. The van der Waals surface area contributed by atoms with E-state index in [-0.39, 0.29) is 0 Å². The highest BCUT2D eigenvalue weighted by Crippen LogP contribution is 2.21. The van der Waals surface area contributed by atoms with E-state index in [1.807, 2.05) is 0 Å². The van der Waals surface area contributed by atoms with Crippen molar-refractivity contribution < 1.29 is 0 Å². The molecule has 0 saturated heterocycles.